The number of hydrogen-bond donors (Lipinski definition) is 2. The van der Waals surface area contributed by atoms with Gasteiger partial charge in [-0.3, -0.25) is 0 Å². The van der Waals surface area contributed by atoms with Crippen LogP contribution in [0, 0.1) is 0 Å². The summed E-state index contributed by atoms with van der Waals surface area (Å²) in [6, 6.07) is 9.47. The van der Waals surface area contributed by atoms with E-state index >= 15 is 0 Å². The van der Waals surface area contributed by atoms with E-state index in [1.165, 1.54) is 20.4 Å². The zero-order chi connectivity index (χ0) is 21.6. The predicted octanol–water partition coefficient (Wildman–Crippen LogP) is 2.56. The second-order valence-electron chi connectivity index (χ2n) is 6.05. The number of alkyl halides is 1. The minimum atomic E-state index is -4.02. The quantitative estimate of drug-likeness (QED) is 0.502. The van der Waals surface area contributed by atoms with Crippen molar-refractivity contribution in [3.05, 3.63) is 53.9 Å². The summed E-state index contributed by atoms with van der Waals surface area (Å²) in [4.78, 5) is 10.9. The van der Waals surface area contributed by atoms with Crippen LogP contribution in [0.15, 0.2) is 47.6 Å². The van der Waals surface area contributed by atoms with Crippen LogP contribution >= 0.6 is 0 Å². The number of benzene rings is 1. The van der Waals surface area contributed by atoms with E-state index < -0.39 is 16.7 Å². The maximum absolute atomic E-state index is 13.0. The molecule has 0 saturated carbocycles. The van der Waals surface area contributed by atoms with Crippen molar-refractivity contribution in [3.8, 4) is 17.5 Å². The molecule has 2 heterocycles. The first-order chi connectivity index (χ1) is 14.5. The summed E-state index contributed by atoms with van der Waals surface area (Å²) in [7, 11) is -1.39. The van der Waals surface area contributed by atoms with Gasteiger partial charge < -0.3 is 19.2 Å². The number of nitrogens with one attached hydrogen (secondary N) is 2. The largest absolute Gasteiger partial charge is 0.481 e. The van der Waals surface area contributed by atoms with Crippen LogP contribution in [0.5, 0.6) is 17.5 Å². The Bertz CT molecular complexity index is 1060. The van der Waals surface area contributed by atoms with Gasteiger partial charge in [-0.1, -0.05) is 30.3 Å². The molecule has 30 heavy (non-hydrogen) atoms. The second-order valence-corrected chi connectivity index (χ2v) is 7.70. The molecule has 0 aliphatic rings. The molecule has 0 unspecified atom stereocenters. The number of nitrogens with zero attached hydrogens (tertiary/aromatic N) is 2. The number of ether oxygens (including phenoxy) is 3. The molecule has 2 N–H and O–H groups in total. The van der Waals surface area contributed by atoms with Crippen molar-refractivity contribution < 1.29 is 27.0 Å². The van der Waals surface area contributed by atoms with Crippen molar-refractivity contribution in [1.29, 1.82) is 0 Å². The molecule has 0 aliphatic heterocycles. The molecule has 0 bridgehead atoms. The monoisotopic (exact) mass is 436 g/mol. The van der Waals surface area contributed by atoms with Crippen LogP contribution in [0.25, 0.3) is 0 Å². The Labute approximate surface area is 173 Å². The van der Waals surface area contributed by atoms with Crippen LogP contribution < -0.4 is 18.9 Å². The van der Waals surface area contributed by atoms with E-state index in [9.17, 15) is 12.8 Å². The number of methoxy groups -OCH3 is 2. The zero-order valence-corrected chi connectivity index (χ0v) is 17.2. The minimum absolute atomic E-state index is 0.0213. The van der Waals surface area contributed by atoms with Gasteiger partial charge in [0.2, 0.25) is 11.7 Å². The summed E-state index contributed by atoms with van der Waals surface area (Å²) in [5.41, 5.74) is 1.54. The molecule has 3 aromatic rings. The fourth-order valence-electron chi connectivity index (χ4n) is 2.76. The number of aromatic nitrogens is 3. The van der Waals surface area contributed by atoms with E-state index in [1.54, 1.807) is 6.20 Å². The molecule has 160 valence electrons. The van der Waals surface area contributed by atoms with Gasteiger partial charge in [0.1, 0.15) is 18.2 Å². The van der Waals surface area contributed by atoms with Crippen LogP contribution in [0.2, 0.25) is 0 Å². The Morgan fingerprint density at radius 2 is 1.73 bits per heavy atom. The third-order valence-electron chi connectivity index (χ3n) is 4.05. The first kappa shape index (κ1) is 21.4. The van der Waals surface area contributed by atoms with Gasteiger partial charge in [-0.2, -0.15) is 9.97 Å². The Hall–Kier alpha value is -3.34. The van der Waals surface area contributed by atoms with Crippen molar-refractivity contribution in [3.63, 3.8) is 0 Å². The lowest BCUT2D eigenvalue weighted by Crippen LogP contribution is -2.17. The molecule has 0 fully saturated rings. The summed E-state index contributed by atoms with van der Waals surface area (Å²) in [6.45, 7) is -0.994. The number of halogens is 1. The fourth-order valence-corrected chi connectivity index (χ4v) is 3.90. The smallest absolute Gasteiger partial charge is 0.266 e. The van der Waals surface area contributed by atoms with Crippen LogP contribution in [0.4, 0.5) is 10.3 Å². The van der Waals surface area contributed by atoms with E-state index in [1.807, 2.05) is 30.3 Å². The lowest BCUT2D eigenvalue weighted by Gasteiger charge is -2.14. The average Bonchev–Trinajstić information content (AvgIpc) is 3.21. The molecule has 0 saturated heterocycles. The highest BCUT2D eigenvalue weighted by Gasteiger charge is 2.24. The van der Waals surface area contributed by atoms with E-state index in [2.05, 4.69) is 19.7 Å². The van der Waals surface area contributed by atoms with Crippen molar-refractivity contribution in [1.82, 2.24) is 15.0 Å². The summed E-state index contributed by atoms with van der Waals surface area (Å²) < 4.78 is 56.1. The number of aromatic amines is 1. The molecule has 0 aliphatic carbocycles. The van der Waals surface area contributed by atoms with Gasteiger partial charge in [0, 0.05) is 18.8 Å². The highest BCUT2D eigenvalue weighted by atomic mass is 32.2. The Morgan fingerprint density at radius 1 is 1.07 bits per heavy atom. The lowest BCUT2D eigenvalue weighted by atomic mass is 10.1. The van der Waals surface area contributed by atoms with Crippen molar-refractivity contribution in [2.45, 2.75) is 11.3 Å². The van der Waals surface area contributed by atoms with E-state index in [4.69, 9.17) is 14.2 Å². The molecule has 3 rings (SSSR count). The fraction of sp³-hybridized carbons (Fsp3) is 0.263. The number of H-pyrrole nitrogens is 1. The van der Waals surface area contributed by atoms with Crippen LogP contribution in [-0.4, -0.2) is 50.9 Å². The summed E-state index contributed by atoms with van der Waals surface area (Å²) in [5.74, 6) is -0.478. The van der Waals surface area contributed by atoms with Crippen LogP contribution in [0.1, 0.15) is 11.1 Å². The maximum Gasteiger partial charge on any atom is 0.266 e. The third kappa shape index (κ3) is 4.79. The van der Waals surface area contributed by atoms with Gasteiger partial charge in [-0.05, 0) is 11.1 Å². The highest BCUT2D eigenvalue weighted by Crippen LogP contribution is 2.35. The number of hydrogen-bond acceptors (Lipinski definition) is 7. The third-order valence-corrected chi connectivity index (χ3v) is 5.47. The Balaban J connectivity index is 1.90. The van der Waals surface area contributed by atoms with Gasteiger partial charge in [0.25, 0.3) is 21.8 Å². The summed E-state index contributed by atoms with van der Waals surface area (Å²) in [6.07, 6.45) is 3.43. The second kappa shape index (κ2) is 9.44. The molecule has 1 aromatic carbocycles. The Kier molecular flexibility index (Phi) is 6.72. The van der Waals surface area contributed by atoms with E-state index in [0.717, 1.165) is 5.56 Å². The molecule has 11 heteroatoms. The number of sulfonamides is 1. The van der Waals surface area contributed by atoms with Gasteiger partial charge in [-0.15, -0.1) is 0 Å². The maximum atomic E-state index is 13.0. The molecule has 0 radical (unpaired) electrons. The molecule has 0 spiro atoms. The Morgan fingerprint density at radius 3 is 2.33 bits per heavy atom. The van der Waals surface area contributed by atoms with Crippen molar-refractivity contribution in [2.75, 3.05) is 32.2 Å². The summed E-state index contributed by atoms with van der Waals surface area (Å²) >= 11 is 0. The normalized spacial score (nSPS) is 11.2. The highest BCUT2D eigenvalue weighted by molar-refractivity contribution is 7.92. The molecular formula is C19H21FN4O5S. The van der Waals surface area contributed by atoms with Crippen molar-refractivity contribution >= 4 is 16.0 Å². The molecule has 0 atom stereocenters. The van der Waals surface area contributed by atoms with Crippen LogP contribution in [-0.2, 0) is 16.4 Å². The number of rotatable bonds is 10. The average molecular weight is 436 g/mol. The van der Waals surface area contributed by atoms with E-state index in [0.29, 0.717) is 12.0 Å². The minimum Gasteiger partial charge on any atom is -0.481 e. The molecule has 9 nitrogen and oxygen atoms in total. The summed E-state index contributed by atoms with van der Waals surface area (Å²) in [5, 5.41) is 0. The zero-order valence-electron chi connectivity index (χ0n) is 16.4. The van der Waals surface area contributed by atoms with Crippen molar-refractivity contribution in [2.24, 2.45) is 0 Å². The SMILES string of the molecule is COc1nc(NS(=O)(=O)c2c[nH]cc2Cc2ccccc2)nc(OC)c1OCCF. The first-order valence-corrected chi connectivity index (χ1v) is 10.4. The van der Waals surface area contributed by atoms with Gasteiger partial charge >= 0.3 is 0 Å². The standard InChI is InChI=1S/C19H21FN4O5S/c1-27-17-16(29-9-8-20)18(28-2)23-19(22-17)24-30(25,26)15-12-21-11-14(15)10-13-6-4-3-5-7-13/h3-7,11-12,21H,8-10H2,1-2H3,(H,22,23,24). The molecule has 2 aromatic heterocycles. The van der Waals surface area contributed by atoms with Gasteiger partial charge in [0.05, 0.1) is 14.2 Å². The number of anilines is 1. The lowest BCUT2D eigenvalue weighted by molar-refractivity contribution is 0.240. The van der Waals surface area contributed by atoms with Crippen LogP contribution in [0.3, 0.4) is 0 Å². The van der Waals surface area contributed by atoms with Gasteiger partial charge in [-0.25, -0.2) is 17.5 Å². The first-order valence-electron chi connectivity index (χ1n) is 8.89. The van der Waals surface area contributed by atoms with E-state index in [-0.39, 0.29) is 35.0 Å². The predicted molar refractivity (Wildman–Crippen MR) is 107 cm³/mol. The molecular weight excluding hydrogens is 415 g/mol. The van der Waals surface area contributed by atoms with Gasteiger partial charge in [0.15, 0.2) is 0 Å². The molecule has 0 amide bonds. The topological polar surface area (TPSA) is 115 Å².